The minimum Gasteiger partial charge on any atom is -0.450 e. The van der Waals surface area contributed by atoms with E-state index in [1.54, 1.807) is 0 Å². The second-order valence-corrected chi connectivity index (χ2v) is 4.79. The van der Waals surface area contributed by atoms with Gasteiger partial charge in [-0.25, -0.2) is 4.79 Å². The molecule has 1 atom stereocenters. The normalized spacial score (nSPS) is 19.8. The molecule has 0 aromatic heterocycles. The van der Waals surface area contributed by atoms with Crippen LogP contribution < -0.4 is 5.32 Å². The zero-order valence-electron chi connectivity index (χ0n) is 11.5. The molecule has 0 saturated carbocycles. The summed E-state index contributed by atoms with van der Waals surface area (Å²) in [5.74, 6) is 0. The summed E-state index contributed by atoms with van der Waals surface area (Å²) in [6.07, 6.45) is 1.66. The Morgan fingerprint density at radius 2 is 2.21 bits per heavy atom. The first kappa shape index (κ1) is 13.9. The molecule has 1 saturated heterocycles. The van der Waals surface area contributed by atoms with Crippen molar-refractivity contribution >= 4 is 6.09 Å². The van der Waals surface area contributed by atoms with Gasteiger partial charge >= 0.3 is 6.09 Å². The molecule has 1 aliphatic heterocycles. The van der Waals surface area contributed by atoms with Crippen LogP contribution in [0.2, 0.25) is 0 Å². The zero-order valence-corrected chi connectivity index (χ0v) is 11.5. The smallest absolute Gasteiger partial charge is 0.410 e. The Bertz CT molecular complexity index is 394. The van der Waals surface area contributed by atoms with Crippen LogP contribution in [0.25, 0.3) is 0 Å². The second kappa shape index (κ2) is 7.14. The van der Waals surface area contributed by atoms with Crippen molar-refractivity contribution in [2.75, 3.05) is 26.2 Å². The summed E-state index contributed by atoms with van der Waals surface area (Å²) in [6, 6.07) is 10.5. The van der Waals surface area contributed by atoms with E-state index in [9.17, 15) is 4.79 Å². The van der Waals surface area contributed by atoms with Gasteiger partial charge in [0.2, 0.25) is 0 Å². The van der Waals surface area contributed by atoms with E-state index in [0.29, 0.717) is 6.61 Å². The lowest BCUT2D eigenvalue weighted by Crippen LogP contribution is -2.45. The number of ether oxygens (including phenoxy) is 1. The third-order valence-electron chi connectivity index (χ3n) is 3.39. The molecule has 4 heteroatoms. The van der Waals surface area contributed by atoms with Crippen LogP contribution in [-0.2, 0) is 11.2 Å². The SMILES string of the molecule is CCOC(=O)N1CCCNCC1Cc1ccccc1. The Morgan fingerprint density at radius 3 is 2.95 bits per heavy atom. The van der Waals surface area contributed by atoms with Gasteiger partial charge in [-0.15, -0.1) is 0 Å². The van der Waals surface area contributed by atoms with E-state index in [1.807, 2.05) is 30.0 Å². The molecule has 1 heterocycles. The number of hydrogen-bond donors (Lipinski definition) is 1. The quantitative estimate of drug-likeness (QED) is 0.906. The number of hydrogen-bond acceptors (Lipinski definition) is 3. The van der Waals surface area contributed by atoms with Crippen molar-refractivity contribution in [2.45, 2.75) is 25.8 Å². The topological polar surface area (TPSA) is 41.6 Å². The first-order chi connectivity index (χ1) is 9.31. The van der Waals surface area contributed by atoms with Crippen molar-refractivity contribution in [3.05, 3.63) is 35.9 Å². The lowest BCUT2D eigenvalue weighted by atomic mass is 10.1. The average Bonchev–Trinajstić information content (AvgIpc) is 2.66. The molecule has 1 N–H and O–H groups in total. The molecule has 1 aliphatic rings. The number of benzene rings is 1. The molecule has 0 aliphatic carbocycles. The Labute approximate surface area is 114 Å². The fourth-order valence-electron chi connectivity index (χ4n) is 2.45. The third-order valence-corrected chi connectivity index (χ3v) is 3.39. The van der Waals surface area contributed by atoms with E-state index < -0.39 is 0 Å². The van der Waals surface area contributed by atoms with Gasteiger partial charge in [-0.2, -0.15) is 0 Å². The maximum absolute atomic E-state index is 12.0. The summed E-state index contributed by atoms with van der Waals surface area (Å²) >= 11 is 0. The highest BCUT2D eigenvalue weighted by Gasteiger charge is 2.26. The maximum Gasteiger partial charge on any atom is 0.410 e. The van der Waals surface area contributed by atoms with Crippen molar-refractivity contribution < 1.29 is 9.53 Å². The van der Waals surface area contributed by atoms with E-state index in [-0.39, 0.29) is 12.1 Å². The summed E-state index contributed by atoms with van der Waals surface area (Å²) in [6.45, 7) is 4.83. The third kappa shape index (κ3) is 3.96. The van der Waals surface area contributed by atoms with Gasteiger partial charge in [0.05, 0.1) is 12.6 Å². The zero-order chi connectivity index (χ0) is 13.5. The number of carbonyl (C=O) groups excluding carboxylic acids is 1. The van der Waals surface area contributed by atoms with Crippen LogP contribution in [0, 0.1) is 0 Å². The largest absolute Gasteiger partial charge is 0.450 e. The Balaban J connectivity index is 2.06. The van der Waals surface area contributed by atoms with Crippen molar-refractivity contribution in [2.24, 2.45) is 0 Å². The molecule has 1 aromatic rings. The van der Waals surface area contributed by atoms with Gasteiger partial charge in [0.1, 0.15) is 0 Å². The maximum atomic E-state index is 12.0. The summed E-state index contributed by atoms with van der Waals surface area (Å²) in [5, 5.41) is 3.40. The molecule has 0 bridgehead atoms. The fraction of sp³-hybridized carbons (Fsp3) is 0.533. The predicted molar refractivity (Wildman–Crippen MR) is 75.1 cm³/mol. The molecule has 19 heavy (non-hydrogen) atoms. The molecule has 1 fully saturated rings. The number of nitrogens with one attached hydrogen (secondary N) is 1. The summed E-state index contributed by atoms with van der Waals surface area (Å²) in [7, 11) is 0. The van der Waals surface area contributed by atoms with Crippen LogP contribution in [0.15, 0.2) is 30.3 Å². The van der Waals surface area contributed by atoms with Gasteiger partial charge in [0.15, 0.2) is 0 Å². The first-order valence-corrected chi connectivity index (χ1v) is 6.99. The highest BCUT2D eigenvalue weighted by molar-refractivity contribution is 5.68. The van der Waals surface area contributed by atoms with Crippen LogP contribution in [-0.4, -0.2) is 43.3 Å². The van der Waals surface area contributed by atoms with Crippen LogP contribution in [0.1, 0.15) is 18.9 Å². The Hall–Kier alpha value is -1.55. The molecule has 1 unspecified atom stereocenters. The summed E-state index contributed by atoms with van der Waals surface area (Å²) in [4.78, 5) is 13.9. The lowest BCUT2D eigenvalue weighted by Gasteiger charge is -2.29. The van der Waals surface area contributed by atoms with E-state index >= 15 is 0 Å². The first-order valence-electron chi connectivity index (χ1n) is 6.99. The Kier molecular flexibility index (Phi) is 5.21. The minimum atomic E-state index is -0.188. The fourth-order valence-corrected chi connectivity index (χ4v) is 2.45. The van der Waals surface area contributed by atoms with Gasteiger partial charge in [0, 0.05) is 13.1 Å². The average molecular weight is 262 g/mol. The highest BCUT2D eigenvalue weighted by Crippen LogP contribution is 2.12. The molecule has 104 valence electrons. The van der Waals surface area contributed by atoms with Gasteiger partial charge < -0.3 is 15.0 Å². The van der Waals surface area contributed by atoms with Gasteiger partial charge in [-0.1, -0.05) is 30.3 Å². The monoisotopic (exact) mass is 262 g/mol. The van der Waals surface area contributed by atoms with Crippen molar-refractivity contribution in [3.63, 3.8) is 0 Å². The lowest BCUT2D eigenvalue weighted by molar-refractivity contribution is 0.0931. The van der Waals surface area contributed by atoms with Crippen LogP contribution in [0.3, 0.4) is 0 Å². The summed E-state index contributed by atoms with van der Waals surface area (Å²) < 4.78 is 5.16. The van der Waals surface area contributed by atoms with Crippen LogP contribution in [0.5, 0.6) is 0 Å². The molecule has 0 radical (unpaired) electrons. The van der Waals surface area contributed by atoms with E-state index in [1.165, 1.54) is 5.56 Å². The molecule has 2 rings (SSSR count). The molecular weight excluding hydrogens is 240 g/mol. The van der Waals surface area contributed by atoms with Crippen molar-refractivity contribution in [1.82, 2.24) is 10.2 Å². The van der Waals surface area contributed by atoms with Crippen molar-refractivity contribution in [1.29, 1.82) is 0 Å². The second-order valence-electron chi connectivity index (χ2n) is 4.79. The predicted octanol–water partition coefficient (Wildman–Crippen LogP) is 2.05. The molecule has 1 aromatic carbocycles. The number of rotatable bonds is 3. The van der Waals surface area contributed by atoms with Crippen LogP contribution >= 0.6 is 0 Å². The van der Waals surface area contributed by atoms with E-state index in [0.717, 1.165) is 32.5 Å². The molecule has 4 nitrogen and oxygen atoms in total. The highest BCUT2D eigenvalue weighted by atomic mass is 16.6. The van der Waals surface area contributed by atoms with E-state index in [2.05, 4.69) is 17.4 Å². The molecular formula is C15H22N2O2. The van der Waals surface area contributed by atoms with Gasteiger partial charge in [0.25, 0.3) is 0 Å². The van der Waals surface area contributed by atoms with Gasteiger partial charge in [-0.3, -0.25) is 0 Å². The van der Waals surface area contributed by atoms with Crippen molar-refractivity contribution in [3.8, 4) is 0 Å². The standard InChI is InChI=1S/C15H22N2O2/c1-2-19-15(18)17-10-6-9-16-12-14(17)11-13-7-4-3-5-8-13/h3-5,7-8,14,16H,2,6,9-12H2,1H3. The van der Waals surface area contributed by atoms with Gasteiger partial charge in [-0.05, 0) is 31.9 Å². The van der Waals surface area contributed by atoms with E-state index in [4.69, 9.17) is 4.74 Å². The minimum absolute atomic E-state index is 0.170. The number of amides is 1. The number of carbonyl (C=O) groups is 1. The van der Waals surface area contributed by atoms with Crippen LogP contribution in [0.4, 0.5) is 4.79 Å². The number of nitrogens with zero attached hydrogens (tertiary/aromatic N) is 1. The Morgan fingerprint density at radius 1 is 1.42 bits per heavy atom. The molecule has 0 spiro atoms. The summed E-state index contributed by atoms with van der Waals surface area (Å²) in [5.41, 5.74) is 1.26. The molecule has 1 amide bonds.